The van der Waals surface area contributed by atoms with Crippen LogP contribution < -0.4 is 11.3 Å². The quantitative estimate of drug-likeness (QED) is 0.0339. The van der Waals surface area contributed by atoms with E-state index in [0.29, 0.717) is 24.3 Å². The van der Waals surface area contributed by atoms with Gasteiger partial charge in [-0.15, -0.1) is 0 Å². The molecule has 5 heterocycles. The van der Waals surface area contributed by atoms with E-state index >= 15 is 0 Å². The van der Waals surface area contributed by atoms with Crippen LogP contribution in [0.1, 0.15) is 41.4 Å². The molecule has 8 aromatic rings. The number of benzene rings is 6. The van der Waals surface area contributed by atoms with E-state index in [-0.39, 0.29) is 0 Å². The summed E-state index contributed by atoms with van der Waals surface area (Å²) < 4.78 is 38.3. The van der Waals surface area contributed by atoms with Gasteiger partial charge in [0.25, 0.3) is 0 Å². The van der Waals surface area contributed by atoms with Gasteiger partial charge in [0, 0.05) is 44.2 Å². The second kappa shape index (κ2) is 16.4. The summed E-state index contributed by atoms with van der Waals surface area (Å²) in [5.41, 5.74) is -17.3. The van der Waals surface area contributed by atoms with Crippen LogP contribution in [0.5, 0.6) is 92.0 Å². The van der Waals surface area contributed by atoms with E-state index in [4.69, 9.17) is 32.5 Å². The highest BCUT2D eigenvalue weighted by Crippen LogP contribution is 2.59. The molecule has 0 amide bonds. The monoisotopic (exact) mass is 1080 g/mol. The van der Waals surface area contributed by atoms with Crippen molar-refractivity contribution in [1.82, 2.24) is 0 Å². The number of phenols is 16. The molecule has 1 saturated heterocycles. The van der Waals surface area contributed by atoms with Crippen LogP contribution in [0.25, 0.3) is 66.1 Å². The lowest BCUT2D eigenvalue weighted by atomic mass is 9.88. The number of aliphatic hydroxyl groups is 1. The van der Waals surface area contributed by atoms with Crippen molar-refractivity contribution < 1.29 is 139 Å². The van der Waals surface area contributed by atoms with Gasteiger partial charge in [-0.25, -0.2) is 28.8 Å². The maximum Gasteiger partial charge on any atom is 0.345 e. The third kappa shape index (κ3) is 6.49. The Morgan fingerprint density at radius 3 is 1.23 bits per heavy atom. The molecule has 30 heteroatoms. The Balaban J connectivity index is 1.20. The lowest BCUT2D eigenvalue weighted by Gasteiger charge is -2.43. The number of ether oxygens (including phenoxy) is 5. The van der Waals surface area contributed by atoms with Gasteiger partial charge in [-0.3, -0.25) is 0 Å². The topological polar surface area (TPSA) is 519 Å². The van der Waals surface area contributed by atoms with Gasteiger partial charge in [-0.2, -0.15) is 0 Å². The summed E-state index contributed by atoms with van der Waals surface area (Å²) in [5.74, 6) is -31.1. The van der Waals surface area contributed by atoms with Gasteiger partial charge in [0.05, 0.1) is 27.5 Å². The molecule has 3 aliphatic rings. The van der Waals surface area contributed by atoms with Crippen LogP contribution in [0.2, 0.25) is 0 Å². The Hall–Kier alpha value is -11.1. The minimum absolute atomic E-state index is 0.355. The number of phenolic OH excluding ortho intramolecular Hbond substituents is 16. The minimum Gasteiger partial charge on any atom is -0.504 e. The van der Waals surface area contributed by atoms with Crippen molar-refractivity contribution >= 4 is 56.6 Å². The molecule has 0 spiro atoms. The molecule has 17 N–H and O–H groups in total. The Morgan fingerprint density at radius 2 is 0.731 bits per heavy atom. The van der Waals surface area contributed by atoms with Gasteiger partial charge in [0.15, 0.2) is 93.3 Å². The van der Waals surface area contributed by atoms with Crippen LogP contribution in [-0.2, 0) is 23.7 Å². The molecular formula is C48H28O30. The SMILES string of the molecule is O=C1O[C@H]2[C@@H]3OC(=O)c4cc(O)c(O)c(O)c4-c4c(cc(O)c(O)c4O)C(=O)O[C@H]3[C@@H](O)O[C@@H]2COC(=O)c2cc(O)c(O)c(O)c2-c2c(O)c(O)c3oc(=O)c4c(c(O)c(O)c5oc(=O)c2c3c54)-c2cc1c(O)c(O)c2O. The average Bonchev–Trinajstić information content (AvgIpc) is 2.73. The highest BCUT2D eigenvalue weighted by atomic mass is 16.7. The molecule has 78 heavy (non-hydrogen) atoms. The summed E-state index contributed by atoms with van der Waals surface area (Å²) in [6.07, 6.45) is -12.8. The molecule has 6 aromatic carbocycles. The van der Waals surface area contributed by atoms with E-state index in [2.05, 4.69) is 0 Å². The molecule has 0 radical (unpaired) electrons. The second-order valence-corrected chi connectivity index (χ2v) is 17.4. The highest BCUT2D eigenvalue weighted by Gasteiger charge is 2.54. The molecule has 0 aliphatic carbocycles. The highest BCUT2D eigenvalue weighted by molar-refractivity contribution is 6.29. The van der Waals surface area contributed by atoms with Crippen molar-refractivity contribution in [3.63, 3.8) is 0 Å². The number of hydrogen-bond donors (Lipinski definition) is 17. The maximum atomic E-state index is 14.6. The number of rotatable bonds is 0. The first-order chi connectivity index (χ1) is 36.8. The van der Waals surface area contributed by atoms with Crippen LogP contribution in [0.4, 0.5) is 0 Å². The lowest BCUT2D eigenvalue weighted by molar-refractivity contribution is -0.284. The molecule has 1 fully saturated rings. The van der Waals surface area contributed by atoms with Crippen LogP contribution in [0.3, 0.4) is 0 Å². The van der Waals surface area contributed by atoms with Crippen LogP contribution >= 0.6 is 0 Å². The minimum atomic E-state index is -2.69. The van der Waals surface area contributed by atoms with E-state index in [1.54, 1.807) is 0 Å². The zero-order valence-corrected chi connectivity index (χ0v) is 37.8. The number of cyclic esters (lactones) is 1. The molecule has 30 nitrogen and oxygen atoms in total. The van der Waals surface area contributed by atoms with Crippen LogP contribution in [0, 0.1) is 0 Å². The van der Waals surface area contributed by atoms with Gasteiger partial charge in [0.2, 0.25) is 34.5 Å². The average molecular weight is 1080 g/mol. The third-order valence-electron chi connectivity index (χ3n) is 13.2. The van der Waals surface area contributed by atoms with Crippen molar-refractivity contribution in [2.45, 2.75) is 30.7 Å². The number of aliphatic hydroxyl groups excluding tert-OH is 1. The zero-order valence-electron chi connectivity index (χ0n) is 37.8. The fourth-order valence-electron chi connectivity index (χ4n) is 9.68. The normalized spacial score (nSPS) is 19.3. The van der Waals surface area contributed by atoms with Gasteiger partial charge < -0.3 is 119 Å². The van der Waals surface area contributed by atoms with E-state index in [9.17, 15) is 116 Å². The van der Waals surface area contributed by atoms with E-state index in [1.807, 2.05) is 0 Å². The molecule has 0 saturated carbocycles. The molecule has 8 bridgehead atoms. The molecule has 2 aromatic heterocycles. The first-order valence-electron chi connectivity index (χ1n) is 21.7. The molecular weight excluding hydrogens is 1060 g/mol. The Morgan fingerprint density at radius 1 is 0.346 bits per heavy atom. The van der Waals surface area contributed by atoms with Gasteiger partial charge in [-0.1, -0.05) is 0 Å². The van der Waals surface area contributed by atoms with Crippen LogP contribution in [0.15, 0.2) is 42.7 Å². The van der Waals surface area contributed by atoms with Crippen molar-refractivity contribution in [1.29, 1.82) is 0 Å². The molecule has 0 unspecified atom stereocenters. The third-order valence-corrected chi connectivity index (χ3v) is 13.2. The molecule has 400 valence electrons. The predicted molar refractivity (Wildman–Crippen MR) is 245 cm³/mol. The predicted octanol–water partition coefficient (Wildman–Crippen LogP) is 1.96. The smallest absolute Gasteiger partial charge is 0.345 e. The number of esters is 4. The van der Waals surface area contributed by atoms with Crippen molar-refractivity contribution in [2.24, 2.45) is 0 Å². The summed E-state index contributed by atoms with van der Waals surface area (Å²) in [5, 5.41) is 185. The lowest BCUT2D eigenvalue weighted by Crippen LogP contribution is -2.62. The first kappa shape index (κ1) is 49.1. The van der Waals surface area contributed by atoms with Gasteiger partial charge in [-0.05, 0) is 24.3 Å². The van der Waals surface area contributed by atoms with E-state index in [1.165, 1.54) is 0 Å². The number of aromatic hydroxyl groups is 16. The van der Waals surface area contributed by atoms with Crippen molar-refractivity contribution in [3.8, 4) is 125 Å². The summed E-state index contributed by atoms with van der Waals surface area (Å²) in [6.45, 7) is -1.45. The molecule has 11 rings (SSSR count). The number of fused-ring (bicyclic) bond motifs is 11. The summed E-state index contributed by atoms with van der Waals surface area (Å²) in [6, 6.07) is 1.50. The van der Waals surface area contributed by atoms with Crippen LogP contribution in [-0.4, -0.2) is 148 Å². The fourth-order valence-corrected chi connectivity index (χ4v) is 9.68. The Labute approximate surface area is 424 Å². The van der Waals surface area contributed by atoms with Crippen molar-refractivity contribution in [2.75, 3.05) is 6.61 Å². The molecule has 5 atom stereocenters. The Kier molecular flexibility index (Phi) is 10.3. The van der Waals surface area contributed by atoms with Gasteiger partial charge >= 0.3 is 35.1 Å². The number of carbonyl (C=O) groups is 4. The molecule has 3 aliphatic heterocycles. The van der Waals surface area contributed by atoms with E-state index in [0.717, 1.165) is 0 Å². The summed E-state index contributed by atoms with van der Waals surface area (Å²) in [7, 11) is 0. The Bertz CT molecular complexity index is 4240. The zero-order chi connectivity index (χ0) is 56.3. The summed E-state index contributed by atoms with van der Waals surface area (Å²) in [4.78, 5) is 86.0. The van der Waals surface area contributed by atoms with Crippen molar-refractivity contribution in [3.05, 3.63) is 67.4 Å². The second-order valence-electron chi connectivity index (χ2n) is 17.4. The van der Waals surface area contributed by atoms with E-state index < -0.39 is 253 Å². The summed E-state index contributed by atoms with van der Waals surface area (Å²) >= 11 is 0. The standard InChI is InChI=1S/C48H28O30/c49-11-2-7-18(31(59)28(11)56)19-23-21-20-22(46(69)75-39(21)36(64)33(19)61)15(32(60)35(63)38(20)76-47(23)70)6-1-10(25(53)34(62)24(6)52)45(68)74-37-14(5-72-42(7)65)73-48(71)41-40(37)77-43(66)8-3-12(50)26(54)29(57)16(8)17-9(44(67)78-41)4-13(51)27(55)30(17)58/h1-4,14,37,40-41,48-64,71H,5H2/t14-,37-,40+,41-,48+/m1/s1. The maximum absolute atomic E-state index is 14.6. The fraction of sp³-hybridized carbons (Fsp3) is 0.125. The number of hydrogen-bond acceptors (Lipinski definition) is 30. The van der Waals surface area contributed by atoms with Gasteiger partial charge in [0.1, 0.15) is 18.3 Å². The first-order valence-corrected chi connectivity index (χ1v) is 21.7. The number of carbonyl (C=O) groups excluding carboxylic acids is 4. The largest absolute Gasteiger partial charge is 0.504 e.